The zero-order chi connectivity index (χ0) is 10.6. The van der Waals surface area contributed by atoms with Gasteiger partial charge in [0, 0.05) is 13.1 Å². The molecule has 1 saturated heterocycles. The molecule has 0 spiro atoms. The molecule has 0 bridgehead atoms. The summed E-state index contributed by atoms with van der Waals surface area (Å²) in [4.78, 5) is 22.4. The van der Waals surface area contributed by atoms with E-state index in [1.807, 2.05) is 0 Å². The number of rotatable bonds is 2. The van der Waals surface area contributed by atoms with E-state index in [1.54, 1.807) is 0 Å². The van der Waals surface area contributed by atoms with Crippen LogP contribution < -0.4 is 5.32 Å². The second-order valence-corrected chi connectivity index (χ2v) is 3.33. The molecule has 0 aromatic heterocycles. The van der Waals surface area contributed by atoms with E-state index in [1.165, 1.54) is 14.2 Å². The van der Waals surface area contributed by atoms with Crippen LogP contribution in [0.2, 0.25) is 0 Å². The lowest BCUT2D eigenvalue weighted by Gasteiger charge is -2.26. The Hall–Kier alpha value is -0.810. The number of nitrogens with one attached hydrogen (secondary N) is 1. The zero-order valence-corrected chi connectivity index (χ0v) is 9.63. The van der Waals surface area contributed by atoms with E-state index in [-0.39, 0.29) is 36.2 Å². The summed E-state index contributed by atoms with van der Waals surface area (Å²) < 4.78 is 9.24. The van der Waals surface area contributed by atoms with Crippen LogP contribution in [0, 0.1) is 11.8 Å². The van der Waals surface area contributed by atoms with E-state index in [0.29, 0.717) is 19.5 Å². The van der Waals surface area contributed by atoms with Crippen molar-refractivity contribution in [2.24, 2.45) is 11.8 Å². The number of carbonyl (C=O) groups is 2. The van der Waals surface area contributed by atoms with Gasteiger partial charge >= 0.3 is 11.9 Å². The number of ether oxygens (including phenoxy) is 2. The van der Waals surface area contributed by atoms with Gasteiger partial charge in [-0.3, -0.25) is 9.59 Å². The highest BCUT2D eigenvalue weighted by Gasteiger charge is 2.31. The van der Waals surface area contributed by atoms with E-state index in [9.17, 15) is 9.59 Å². The molecule has 1 rings (SSSR count). The highest BCUT2D eigenvalue weighted by Crippen LogP contribution is 2.18. The minimum absolute atomic E-state index is 0. The molecular weight excluding hydrogens is 222 g/mol. The smallest absolute Gasteiger partial charge is 0.309 e. The molecule has 1 fully saturated rings. The lowest BCUT2D eigenvalue weighted by atomic mass is 9.90. The lowest BCUT2D eigenvalue weighted by Crippen LogP contribution is -2.43. The average Bonchev–Trinajstić information content (AvgIpc) is 2.27. The maximum atomic E-state index is 11.2. The van der Waals surface area contributed by atoms with Crippen molar-refractivity contribution in [3.8, 4) is 0 Å². The molecule has 0 aliphatic carbocycles. The Morgan fingerprint density at radius 1 is 1.07 bits per heavy atom. The van der Waals surface area contributed by atoms with Gasteiger partial charge in [-0.2, -0.15) is 0 Å². The topological polar surface area (TPSA) is 64.6 Å². The average molecular weight is 238 g/mol. The minimum Gasteiger partial charge on any atom is -0.469 e. The monoisotopic (exact) mass is 237 g/mol. The number of carbonyl (C=O) groups excluding carboxylic acids is 2. The van der Waals surface area contributed by atoms with Gasteiger partial charge in [-0.05, 0) is 6.42 Å². The molecule has 1 aliphatic rings. The van der Waals surface area contributed by atoms with Gasteiger partial charge in [0.05, 0.1) is 26.1 Å². The quantitative estimate of drug-likeness (QED) is 0.684. The van der Waals surface area contributed by atoms with Gasteiger partial charge in [-0.15, -0.1) is 12.4 Å². The van der Waals surface area contributed by atoms with E-state index in [2.05, 4.69) is 14.8 Å². The molecule has 6 heteroatoms. The molecule has 0 aromatic rings. The predicted molar refractivity (Wildman–Crippen MR) is 55.7 cm³/mol. The van der Waals surface area contributed by atoms with Gasteiger partial charge in [0.1, 0.15) is 0 Å². The number of hydrogen-bond donors (Lipinski definition) is 1. The van der Waals surface area contributed by atoms with Crippen LogP contribution in [0.25, 0.3) is 0 Å². The number of methoxy groups -OCH3 is 2. The van der Waals surface area contributed by atoms with Crippen molar-refractivity contribution in [3.63, 3.8) is 0 Å². The zero-order valence-electron chi connectivity index (χ0n) is 8.82. The molecular formula is C9H16ClNO4. The lowest BCUT2D eigenvalue weighted by molar-refractivity contribution is -0.150. The van der Waals surface area contributed by atoms with Crippen molar-refractivity contribution in [2.45, 2.75) is 6.42 Å². The SMILES string of the molecule is COC(=O)C1CNCC(C(=O)OC)C1.Cl. The third-order valence-electron chi connectivity index (χ3n) is 2.42. The molecule has 0 radical (unpaired) electrons. The van der Waals surface area contributed by atoms with Crippen LogP contribution in [0.5, 0.6) is 0 Å². The minimum atomic E-state index is -0.272. The van der Waals surface area contributed by atoms with Crippen LogP contribution in [0.15, 0.2) is 0 Å². The number of hydrogen-bond acceptors (Lipinski definition) is 5. The highest BCUT2D eigenvalue weighted by atomic mass is 35.5. The van der Waals surface area contributed by atoms with Gasteiger partial charge in [0.25, 0.3) is 0 Å². The van der Waals surface area contributed by atoms with Gasteiger partial charge in [-0.25, -0.2) is 0 Å². The molecule has 0 aromatic carbocycles. The second kappa shape index (κ2) is 6.63. The molecule has 2 atom stereocenters. The molecule has 15 heavy (non-hydrogen) atoms. The third kappa shape index (κ3) is 3.68. The molecule has 1 heterocycles. The fraction of sp³-hybridized carbons (Fsp3) is 0.778. The van der Waals surface area contributed by atoms with Crippen molar-refractivity contribution < 1.29 is 19.1 Å². The van der Waals surface area contributed by atoms with Gasteiger partial charge in [0.2, 0.25) is 0 Å². The van der Waals surface area contributed by atoms with E-state index in [0.717, 1.165) is 0 Å². The summed E-state index contributed by atoms with van der Waals surface area (Å²) in [6.45, 7) is 1.14. The first kappa shape index (κ1) is 14.2. The Labute approximate surface area is 94.9 Å². The first-order valence-electron chi connectivity index (χ1n) is 4.55. The predicted octanol–water partition coefficient (Wildman–Crippen LogP) is -0.0201. The fourth-order valence-corrected chi connectivity index (χ4v) is 1.63. The van der Waals surface area contributed by atoms with E-state index >= 15 is 0 Å². The molecule has 0 amide bonds. The number of esters is 2. The second-order valence-electron chi connectivity index (χ2n) is 3.33. The molecule has 5 nitrogen and oxygen atoms in total. The van der Waals surface area contributed by atoms with Crippen LogP contribution in [-0.2, 0) is 19.1 Å². The summed E-state index contributed by atoms with van der Waals surface area (Å²) in [5, 5.41) is 3.01. The summed E-state index contributed by atoms with van der Waals surface area (Å²) in [7, 11) is 2.70. The standard InChI is InChI=1S/C9H15NO4.ClH/c1-13-8(11)6-3-7(5-10-4-6)9(12)14-2;/h6-7,10H,3-5H2,1-2H3;1H. The van der Waals surface area contributed by atoms with Crippen molar-refractivity contribution in [3.05, 3.63) is 0 Å². The van der Waals surface area contributed by atoms with Crippen molar-refractivity contribution in [1.29, 1.82) is 0 Å². The first-order chi connectivity index (χ1) is 6.69. The first-order valence-corrected chi connectivity index (χ1v) is 4.55. The Bertz CT molecular complexity index is 212. The number of piperidine rings is 1. The van der Waals surface area contributed by atoms with Crippen molar-refractivity contribution in [2.75, 3.05) is 27.3 Å². The van der Waals surface area contributed by atoms with Crippen LogP contribution in [0.4, 0.5) is 0 Å². The van der Waals surface area contributed by atoms with Crippen LogP contribution in [-0.4, -0.2) is 39.2 Å². The van der Waals surface area contributed by atoms with Crippen molar-refractivity contribution >= 4 is 24.3 Å². The summed E-state index contributed by atoms with van der Waals surface area (Å²) in [5.41, 5.74) is 0. The van der Waals surface area contributed by atoms with Crippen LogP contribution in [0.3, 0.4) is 0 Å². The van der Waals surface area contributed by atoms with Crippen LogP contribution in [0.1, 0.15) is 6.42 Å². The summed E-state index contributed by atoms with van der Waals surface area (Å²) in [5.74, 6) is -1.02. The highest BCUT2D eigenvalue weighted by molar-refractivity contribution is 5.85. The Morgan fingerprint density at radius 3 is 1.80 bits per heavy atom. The molecule has 1 N–H and O–H groups in total. The van der Waals surface area contributed by atoms with Crippen molar-refractivity contribution in [1.82, 2.24) is 5.32 Å². The van der Waals surface area contributed by atoms with Gasteiger partial charge in [0.15, 0.2) is 0 Å². The fourth-order valence-electron chi connectivity index (χ4n) is 1.63. The maximum absolute atomic E-state index is 11.2. The Kier molecular flexibility index (Phi) is 6.27. The van der Waals surface area contributed by atoms with E-state index in [4.69, 9.17) is 0 Å². The Balaban J connectivity index is 0.00000196. The Morgan fingerprint density at radius 2 is 1.47 bits per heavy atom. The largest absolute Gasteiger partial charge is 0.469 e. The normalized spacial score (nSPS) is 24.9. The molecule has 2 unspecified atom stereocenters. The van der Waals surface area contributed by atoms with Crippen LogP contribution >= 0.6 is 12.4 Å². The third-order valence-corrected chi connectivity index (χ3v) is 2.42. The summed E-state index contributed by atoms with van der Waals surface area (Å²) in [6, 6.07) is 0. The number of halogens is 1. The van der Waals surface area contributed by atoms with E-state index < -0.39 is 0 Å². The van der Waals surface area contributed by atoms with Gasteiger partial charge in [-0.1, -0.05) is 0 Å². The van der Waals surface area contributed by atoms with Gasteiger partial charge < -0.3 is 14.8 Å². The summed E-state index contributed by atoms with van der Waals surface area (Å²) in [6.07, 6.45) is 0.506. The summed E-state index contributed by atoms with van der Waals surface area (Å²) >= 11 is 0. The molecule has 0 saturated carbocycles. The molecule has 88 valence electrons. The molecule has 1 aliphatic heterocycles. The maximum Gasteiger partial charge on any atom is 0.309 e.